The van der Waals surface area contributed by atoms with Crippen molar-refractivity contribution >= 4 is 21.6 Å². The van der Waals surface area contributed by atoms with E-state index < -0.39 is 10.0 Å². The first-order valence-electron chi connectivity index (χ1n) is 7.25. The SMILES string of the molecule is COCCN1CCC(CNS(=O)(=O)c2c(C)nn(C)c2Cl)C1. The minimum Gasteiger partial charge on any atom is -0.383 e. The Kier molecular flexibility index (Phi) is 5.84. The Morgan fingerprint density at radius 1 is 1.50 bits per heavy atom. The zero-order valence-corrected chi connectivity index (χ0v) is 14.7. The number of methoxy groups -OCH3 is 1. The average Bonchev–Trinajstić information content (AvgIpc) is 3.00. The van der Waals surface area contributed by atoms with Gasteiger partial charge >= 0.3 is 0 Å². The molecule has 1 unspecified atom stereocenters. The Morgan fingerprint density at radius 2 is 2.23 bits per heavy atom. The number of nitrogens with zero attached hydrogens (tertiary/aromatic N) is 3. The van der Waals surface area contributed by atoms with Gasteiger partial charge in [0.25, 0.3) is 0 Å². The fraction of sp³-hybridized carbons (Fsp3) is 0.769. The summed E-state index contributed by atoms with van der Waals surface area (Å²) in [5.41, 5.74) is 0.410. The van der Waals surface area contributed by atoms with Crippen molar-refractivity contribution in [1.82, 2.24) is 19.4 Å². The zero-order chi connectivity index (χ0) is 16.3. The highest BCUT2D eigenvalue weighted by atomic mass is 35.5. The number of nitrogens with one attached hydrogen (secondary N) is 1. The molecule has 126 valence electrons. The third-order valence-electron chi connectivity index (χ3n) is 3.91. The van der Waals surface area contributed by atoms with E-state index in [0.717, 1.165) is 26.1 Å². The van der Waals surface area contributed by atoms with Gasteiger partial charge in [-0.1, -0.05) is 11.6 Å². The van der Waals surface area contributed by atoms with Crippen LogP contribution in [-0.2, 0) is 21.8 Å². The molecule has 9 heteroatoms. The summed E-state index contributed by atoms with van der Waals surface area (Å²) in [6, 6.07) is 0. The van der Waals surface area contributed by atoms with E-state index in [9.17, 15) is 8.42 Å². The summed E-state index contributed by atoms with van der Waals surface area (Å²) in [6.07, 6.45) is 0.978. The lowest BCUT2D eigenvalue weighted by atomic mass is 10.1. The van der Waals surface area contributed by atoms with Gasteiger partial charge in [0.15, 0.2) is 0 Å². The minimum absolute atomic E-state index is 0.0749. The van der Waals surface area contributed by atoms with Gasteiger partial charge in [-0.25, -0.2) is 13.1 Å². The van der Waals surface area contributed by atoms with Crippen molar-refractivity contribution in [1.29, 1.82) is 0 Å². The van der Waals surface area contributed by atoms with E-state index in [1.807, 2.05) is 0 Å². The first-order chi connectivity index (χ1) is 10.3. The first kappa shape index (κ1) is 17.7. The largest absolute Gasteiger partial charge is 0.383 e. The second-order valence-corrected chi connectivity index (χ2v) is 7.69. The number of hydrogen-bond acceptors (Lipinski definition) is 5. The van der Waals surface area contributed by atoms with Gasteiger partial charge in [-0.2, -0.15) is 5.10 Å². The van der Waals surface area contributed by atoms with Gasteiger partial charge < -0.3 is 9.64 Å². The van der Waals surface area contributed by atoms with Crippen LogP contribution in [0, 0.1) is 12.8 Å². The van der Waals surface area contributed by atoms with Crippen LogP contribution >= 0.6 is 11.6 Å². The topological polar surface area (TPSA) is 76.5 Å². The molecule has 22 heavy (non-hydrogen) atoms. The predicted octanol–water partition coefficient (Wildman–Crippen LogP) is 0.629. The van der Waals surface area contributed by atoms with Crippen LogP contribution < -0.4 is 4.72 Å². The Hall–Kier alpha value is -0.670. The number of aryl methyl sites for hydroxylation is 2. The molecule has 1 N–H and O–H groups in total. The highest BCUT2D eigenvalue weighted by Crippen LogP contribution is 2.24. The van der Waals surface area contributed by atoms with Gasteiger partial charge in [-0.05, 0) is 25.8 Å². The normalized spacial score (nSPS) is 19.9. The van der Waals surface area contributed by atoms with Gasteiger partial charge in [0.05, 0.1) is 12.3 Å². The van der Waals surface area contributed by atoms with Crippen LogP contribution in [0.5, 0.6) is 0 Å². The van der Waals surface area contributed by atoms with E-state index in [-0.39, 0.29) is 10.0 Å². The Bertz CT molecular complexity index is 617. The molecule has 1 aliphatic rings. The maximum Gasteiger partial charge on any atom is 0.245 e. The van der Waals surface area contributed by atoms with Crippen LogP contribution in [0.2, 0.25) is 5.15 Å². The van der Waals surface area contributed by atoms with Crippen molar-refractivity contribution in [2.45, 2.75) is 18.2 Å². The van der Waals surface area contributed by atoms with E-state index in [2.05, 4.69) is 14.7 Å². The number of ether oxygens (including phenoxy) is 1. The summed E-state index contributed by atoms with van der Waals surface area (Å²) < 4.78 is 33.9. The van der Waals surface area contributed by atoms with Gasteiger partial charge in [0.1, 0.15) is 10.0 Å². The van der Waals surface area contributed by atoms with E-state index in [0.29, 0.717) is 24.8 Å². The molecule has 0 radical (unpaired) electrons. The first-order valence-corrected chi connectivity index (χ1v) is 9.11. The second kappa shape index (κ2) is 7.27. The maximum atomic E-state index is 12.4. The highest BCUT2D eigenvalue weighted by molar-refractivity contribution is 7.89. The van der Waals surface area contributed by atoms with Crippen molar-refractivity contribution in [3.05, 3.63) is 10.8 Å². The molecule has 0 amide bonds. The number of halogens is 1. The molecule has 2 heterocycles. The van der Waals surface area contributed by atoms with E-state index >= 15 is 0 Å². The van der Waals surface area contributed by atoms with Crippen LogP contribution in [-0.4, -0.2) is 63.0 Å². The quantitative estimate of drug-likeness (QED) is 0.780. The minimum atomic E-state index is -3.63. The van der Waals surface area contributed by atoms with Gasteiger partial charge in [-0.15, -0.1) is 0 Å². The molecule has 1 atom stereocenters. The van der Waals surface area contributed by atoms with Crippen LogP contribution in [0.15, 0.2) is 4.90 Å². The summed E-state index contributed by atoms with van der Waals surface area (Å²) in [5, 5.41) is 4.18. The van der Waals surface area contributed by atoms with Gasteiger partial charge in [-0.3, -0.25) is 4.68 Å². The Morgan fingerprint density at radius 3 is 2.82 bits per heavy atom. The molecule has 7 nitrogen and oxygen atoms in total. The highest BCUT2D eigenvalue weighted by Gasteiger charge is 2.28. The smallest absolute Gasteiger partial charge is 0.245 e. The summed E-state index contributed by atoms with van der Waals surface area (Å²) in [6.45, 7) is 5.49. The number of likely N-dealkylation sites (tertiary alicyclic amines) is 1. The van der Waals surface area contributed by atoms with Gasteiger partial charge in [0, 0.05) is 33.8 Å². The third kappa shape index (κ3) is 3.99. The molecule has 2 rings (SSSR count). The standard InChI is InChI=1S/C13H23ClN4O3S/c1-10-12(13(14)17(2)16-10)22(19,20)15-8-11-4-5-18(9-11)6-7-21-3/h11,15H,4-9H2,1-3H3. The fourth-order valence-corrected chi connectivity index (χ4v) is 4.58. The molecule has 1 saturated heterocycles. The monoisotopic (exact) mass is 350 g/mol. The van der Waals surface area contributed by atoms with Crippen molar-refractivity contribution in [2.75, 3.05) is 39.9 Å². The molecular formula is C13H23ClN4O3S. The third-order valence-corrected chi connectivity index (χ3v) is 6.03. The molecule has 0 aliphatic carbocycles. The summed E-state index contributed by atoms with van der Waals surface area (Å²) in [5.74, 6) is 0.308. The second-order valence-electron chi connectivity index (χ2n) is 5.63. The molecule has 1 aromatic rings. The van der Waals surface area contributed by atoms with E-state index in [1.165, 1.54) is 4.68 Å². The zero-order valence-electron chi connectivity index (χ0n) is 13.2. The number of hydrogen-bond donors (Lipinski definition) is 1. The van der Waals surface area contributed by atoms with E-state index in [1.54, 1.807) is 21.1 Å². The van der Waals surface area contributed by atoms with Crippen LogP contribution in [0.1, 0.15) is 12.1 Å². The van der Waals surface area contributed by atoms with Crippen LogP contribution in [0.3, 0.4) is 0 Å². The molecule has 1 aromatic heterocycles. The summed E-state index contributed by atoms with van der Waals surface area (Å²) >= 11 is 6.03. The lowest BCUT2D eigenvalue weighted by Gasteiger charge is -2.15. The molecule has 0 bridgehead atoms. The number of aromatic nitrogens is 2. The molecule has 1 fully saturated rings. The van der Waals surface area contributed by atoms with Crippen molar-refractivity contribution in [3.63, 3.8) is 0 Å². The number of sulfonamides is 1. The maximum absolute atomic E-state index is 12.4. The molecule has 0 saturated carbocycles. The molecular weight excluding hydrogens is 328 g/mol. The molecule has 0 aromatic carbocycles. The van der Waals surface area contributed by atoms with Crippen LogP contribution in [0.25, 0.3) is 0 Å². The van der Waals surface area contributed by atoms with Crippen LogP contribution in [0.4, 0.5) is 0 Å². The van der Waals surface area contributed by atoms with Gasteiger partial charge in [0.2, 0.25) is 10.0 Å². The molecule has 0 spiro atoms. The Labute approximate surface area is 136 Å². The summed E-state index contributed by atoms with van der Waals surface area (Å²) in [4.78, 5) is 2.36. The average molecular weight is 351 g/mol. The lowest BCUT2D eigenvalue weighted by molar-refractivity contribution is 0.159. The van der Waals surface area contributed by atoms with Crippen molar-refractivity contribution in [2.24, 2.45) is 13.0 Å². The summed E-state index contributed by atoms with van der Waals surface area (Å²) in [7, 11) is -0.325. The molecule has 1 aliphatic heterocycles. The lowest BCUT2D eigenvalue weighted by Crippen LogP contribution is -2.32. The van der Waals surface area contributed by atoms with Crippen molar-refractivity contribution in [3.8, 4) is 0 Å². The van der Waals surface area contributed by atoms with Crippen molar-refractivity contribution < 1.29 is 13.2 Å². The predicted molar refractivity (Wildman–Crippen MR) is 84.6 cm³/mol. The van der Waals surface area contributed by atoms with E-state index in [4.69, 9.17) is 16.3 Å². The fourth-order valence-electron chi connectivity index (χ4n) is 2.72. The Balaban J connectivity index is 1.94. The number of rotatable bonds is 7.